The summed E-state index contributed by atoms with van der Waals surface area (Å²) in [5.41, 5.74) is 7.87. The molecular weight excluding hydrogens is 328 g/mol. The van der Waals surface area contributed by atoms with Gasteiger partial charge in [-0.1, -0.05) is 58.4 Å². The summed E-state index contributed by atoms with van der Waals surface area (Å²) in [6, 6.07) is 17.8. The Bertz CT molecular complexity index is 742. The van der Waals surface area contributed by atoms with Crippen LogP contribution in [0.1, 0.15) is 11.4 Å². The first-order chi connectivity index (χ1) is 10.2. The number of hydrogen-bond acceptors (Lipinski definition) is 4. The lowest BCUT2D eigenvalue weighted by molar-refractivity contribution is 0.936. The van der Waals surface area contributed by atoms with Crippen LogP contribution in [0, 0.1) is 0 Å². The van der Waals surface area contributed by atoms with Crippen LogP contribution in [-0.2, 0) is 6.42 Å². The molecule has 21 heavy (non-hydrogen) atoms. The summed E-state index contributed by atoms with van der Waals surface area (Å²) in [7, 11) is 0. The molecule has 3 aromatic rings. The molecule has 3 rings (SSSR count). The second-order valence-electron chi connectivity index (χ2n) is 4.60. The van der Waals surface area contributed by atoms with Crippen molar-refractivity contribution in [3.8, 4) is 11.4 Å². The maximum atomic E-state index is 5.80. The Hall–Kier alpha value is -2.27. The van der Waals surface area contributed by atoms with E-state index in [1.807, 2.05) is 54.6 Å². The third-order valence-electron chi connectivity index (χ3n) is 3.01. The summed E-state index contributed by atoms with van der Waals surface area (Å²) in [6.07, 6.45) is 0.625. The zero-order chi connectivity index (χ0) is 14.7. The van der Waals surface area contributed by atoms with Crippen LogP contribution in [0.5, 0.6) is 0 Å². The lowest BCUT2D eigenvalue weighted by Crippen LogP contribution is -2.05. The first kappa shape index (κ1) is 13.7. The third-order valence-corrected chi connectivity index (χ3v) is 3.54. The van der Waals surface area contributed by atoms with E-state index in [1.54, 1.807) is 0 Å². The molecule has 2 aromatic carbocycles. The van der Waals surface area contributed by atoms with Crippen molar-refractivity contribution in [2.45, 2.75) is 6.42 Å². The normalized spacial score (nSPS) is 10.5. The highest BCUT2D eigenvalue weighted by Crippen LogP contribution is 2.17. The Labute approximate surface area is 131 Å². The molecule has 0 aliphatic carbocycles. The van der Waals surface area contributed by atoms with Crippen molar-refractivity contribution in [1.29, 1.82) is 0 Å². The predicted molar refractivity (Wildman–Crippen MR) is 86.6 cm³/mol. The average molecular weight is 341 g/mol. The minimum Gasteiger partial charge on any atom is -0.368 e. The van der Waals surface area contributed by atoms with Gasteiger partial charge in [0.25, 0.3) is 0 Å². The highest BCUT2D eigenvalue weighted by Gasteiger charge is 2.07. The van der Waals surface area contributed by atoms with E-state index in [0.29, 0.717) is 18.1 Å². The van der Waals surface area contributed by atoms with Crippen molar-refractivity contribution in [2.75, 3.05) is 5.73 Å². The molecule has 0 saturated carbocycles. The second kappa shape index (κ2) is 6.01. The topological polar surface area (TPSA) is 64.7 Å². The molecule has 0 unspecified atom stereocenters. The molecule has 0 fully saturated rings. The zero-order valence-electron chi connectivity index (χ0n) is 11.2. The van der Waals surface area contributed by atoms with Crippen LogP contribution in [-0.4, -0.2) is 15.0 Å². The van der Waals surface area contributed by atoms with Crippen LogP contribution < -0.4 is 5.73 Å². The van der Waals surface area contributed by atoms with Crippen LogP contribution >= 0.6 is 15.9 Å². The van der Waals surface area contributed by atoms with Gasteiger partial charge in [-0.05, 0) is 17.7 Å². The van der Waals surface area contributed by atoms with E-state index in [0.717, 1.165) is 15.6 Å². The van der Waals surface area contributed by atoms with Crippen molar-refractivity contribution >= 4 is 21.9 Å². The molecule has 0 aliphatic heterocycles. The maximum Gasteiger partial charge on any atom is 0.223 e. The Morgan fingerprint density at radius 2 is 1.57 bits per heavy atom. The van der Waals surface area contributed by atoms with E-state index in [2.05, 4.69) is 30.9 Å². The SMILES string of the molecule is Nc1nc(Cc2ccc(Br)cc2)nc(-c2ccccc2)n1. The van der Waals surface area contributed by atoms with Crippen molar-refractivity contribution in [2.24, 2.45) is 0 Å². The minimum atomic E-state index is 0.246. The van der Waals surface area contributed by atoms with E-state index in [-0.39, 0.29) is 5.95 Å². The predicted octanol–water partition coefficient (Wildman–Crippen LogP) is 3.47. The van der Waals surface area contributed by atoms with E-state index in [4.69, 9.17) is 5.73 Å². The molecule has 0 bridgehead atoms. The van der Waals surface area contributed by atoms with Gasteiger partial charge in [0.15, 0.2) is 5.82 Å². The fraction of sp³-hybridized carbons (Fsp3) is 0.0625. The number of anilines is 1. The first-order valence-electron chi connectivity index (χ1n) is 6.51. The fourth-order valence-electron chi connectivity index (χ4n) is 2.02. The van der Waals surface area contributed by atoms with Gasteiger partial charge in [0, 0.05) is 16.5 Å². The number of halogens is 1. The molecule has 1 aromatic heterocycles. The maximum absolute atomic E-state index is 5.80. The van der Waals surface area contributed by atoms with Gasteiger partial charge in [0.2, 0.25) is 5.95 Å². The van der Waals surface area contributed by atoms with E-state index < -0.39 is 0 Å². The molecule has 0 aliphatic rings. The van der Waals surface area contributed by atoms with Crippen molar-refractivity contribution < 1.29 is 0 Å². The lowest BCUT2D eigenvalue weighted by Gasteiger charge is -2.05. The van der Waals surface area contributed by atoms with Crippen LogP contribution in [0.3, 0.4) is 0 Å². The number of hydrogen-bond donors (Lipinski definition) is 1. The summed E-state index contributed by atoms with van der Waals surface area (Å²) in [6.45, 7) is 0. The van der Waals surface area contributed by atoms with Crippen molar-refractivity contribution in [3.05, 3.63) is 70.5 Å². The van der Waals surface area contributed by atoms with Gasteiger partial charge in [-0.3, -0.25) is 0 Å². The monoisotopic (exact) mass is 340 g/mol. The number of nitrogens with two attached hydrogens (primary N) is 1. The Balaban J connectivity index is 1.93. The molecule has 0 spiro atoms. The average Bonchev–Trinajstić information content (AvgIpc) is 2.50. The minimum absolute atomic E-state index is 0.246. The van der Waals surface area contributed by atoms with Gasteiger partial charge in [-0.25, -0.2) is 4.98 Å². The number of aromatic nitrogens is 3. The van der Waals surface area contributed by atoms with Crippen LogP contribution in [0.4, 0.5) is 5.95 Å². The summed E-state index contributed by atoms with van der Waals surface area (Å²) < 4.78 is 1.05. The second-order valence-corrected chi connectivity index (χ2v) is 5.52. The Morgan fingerprint density at radius 1 is 0.857 bits per heavy atom. The number of nitrogens with zero attached hydrogens (tertiary/aromatic N) is 3. The molecule has 104 valence electrons. The standard InChI is InChI=1S/C16H13BrN4/c17-13-8-6-11(7-9-13)10-14-19-15(21-16(18)20-14)12-4-2-1-3-5-12/h1-9H,10H2,(H2,18,19,20,21). The number of benzene rings is 2. The van der Waals surface area contributed by atoms with Gasteiger partial charge in [-0.2, -0.15) is 9.97 Å². The fourth-order valence-corrected chi connectivity index (χ4v) is 2.28. The molecular formula is C16H13BrN4. The van der Waals surface area contributed by atoms with Crippen LogP contribution in [0.15, 0.2) is 59.1 Å². The summed E-state index contributed by atoms with van der Waals surface area (Å²) in [5.74, 6) is 1.52. The smallest absolute Gasteiger partial charge is 0.223 e. The van der Waals surface area contributed by atoms with Crippen LogP contribution in [0.2, 0.25) is 0 Å². The number of rotatable bonds is 3. The van der Waals surface area contributed by atoms with E-state index >= 15 is 0 Å². The van der Waals surface area contributed by atoms with E-state index in [1.165, 1.54) is 0 Å². The van der Waals surface area contributed by atoms with Gasteiger partial charge in [0.05, 0.1) is 0 Å². The number of nitrogen functional groups attached to an aromatic ring is 1. The summed E-state index contributed by atoms with van der Waals surface area (Å²) >= 11 is 3.42. The highest BCUT2D eigenvalue weighted by molar-refractivity contribution is 9.10. The Kier molecular flexibility index (Phi) is 3.92. The highest BCUT2D eigenvalue weighted by atomic mass is 79.9. The Morgan fingerprint density at radius 3 is 2.29 bits per heavy atom. The molecule has 2 N–H and O–H groups in total. The van der Waals surface area contributed by atoms with Gasteiger partial charge < -0.3 is 5.73 Å². The van der Waals surface area contributed by atoms with Gasteiger partial charge in [-0.15, -0.1) is 0 Å². The van der Waals surface area contributed by atoms with Gasteiger partial charge >= 0.3 is 0 Å². The molecule has 0 saturated heterocycles. The molecule has 4 nitrogen and oxygen atoms in total. The molecule has 5 heteroatoms. The quantitative estimate of drug-likeness (QED) is 0.792. The van der Waals surface area contributed by atoms with Gasteiger partial charge in [0.1, 0.15) is 5.82 Å². The lowest BCUT2D eigenvalue weighted by atomic mass is 10.1. The first-order valence-corrected chi connectivity index (χ1v) is 7.30. The van der Waals surface area contributed by atoms with Crippen molar-refractivity contribution in [3.63, 3.8) is 0 Å². The molecule has 0 atom stereocenters. The molecule has 1 heterocycles. The molecule has 0 amide bonds. The van der Waals surface area contributed by atoms with E-state index in [9.17, 15) is 0 Å². The third kappa shape index (κ3) is 3.44. The van der Waals surface area contributed by atoms with Crippen LogP contribution in [0.25, 0.3) is 11.4 Å². The summed E-state index contributed by atoms with van der Waals surface area (Å²) in [5, 5.41) is 0. The largest absolute Gasteiger partial charge is 0.368 e. The zero-order valence-corrected chi connectivity index (χ0v) is 12.8. The van der Waals surface area contributed by atoms with Crippen molar-refractivity contribution in [1.82, 2.24) is 15.0 Å². The molecule has 0 radical (unpaired) electrons. The summed E-state index contributed by atoms with van der Waals surface area (Å²) in [4.78, 5) is 12.9.